The van der Waals surface area contributed by atoms with Crippen molar-refractivity contribution in [2.24, 2.45) is 0 Å². The zero-order valence-corrected chi connectivity index (χ0v) is 11.3. The van der Waals surface area contributed by atoms with Gasteiger partial charge in [-0.25, -0.2) is 4.98 Å². The molecule has 0 spiro atoms. The number of hydrogen-bond acceptors (Lipinski definition) is 2. The largest absolute Gasteiger partial charge is 0.279 e. The summed E-state index contributed by atoms with van der Waals surface area (Å²) in [7, 11) is -1.57. The van der Waals surface area contributed by atoms with Gasteiger partial charge in [-0.05, 0) is 25.7 Å². The van der Waals surface area contributed by atoms with Crippen molar-refractivity contribution in [3.05, 3.63) is 22.4 Å². The van der Waals surface area contributed by atoms with Crippen molar-refractivity contribution in [3.63, 3.8) is 0 Å². The Morgan fingerprint density at radius 1 is 1.27 bits per heavy atom. The first-order valence-corrected chi connectivity index (χ1v) is 8.80. The lowest BCUT2D eigenvalue weighted by Crippen LogP contribution is -2.33. The van der Waals surface area contributed by atoms with Gasteiger partial charge in [-0.3, -0.25) is 4.35 Å². The van der Waals surface area contributed by atoms with Gasteiger partial charge in [0.1, 0.15) is 5.15 Å². The highest BCUT2D eigenvalue weighted by molar-refractivity contribution is 6.75. The molecule has 2 heterocycles. The second-order valence-corrected chi connectivity index (χ2v) is 9.95. The molecule has 15 heavy (non-hydrogen) atoms. The topological polar surface area (TPSA) is 30.7 Å². The van der Waals surface area contributed by atoms with Gasteiger partial charge in [0.15, 0.2) is 13.9 Å². The minimum atomic E-state index is -1.57. The Bertz CT molecular complexity index is 516. The van der Waals surface area contributed by atoms with Crippen LogP contribution in [0.5, 0.6) is 0 Å². The lowest BCUT2D eigenvalue weighted by molar-refractivity contribution is 0.948. The first-order chi connectivity index (χ1) is 6.89. The zero-order chi connectivity index (χ0) is 11.2. The van der Waals surface area contributed by atoms with Crippen molar-refractivity contribution >= 4 is 42.5 Å². The van der Waals surface area contributed by atoms with Crippen LogP contribution < -0.4 is 0 Å². The predicted molar refractivity (Wildman–Crippen MR) is 66.3 cm³/mol. The Kier molecular flexibility index (Phi) is 2.53. The predicted octanol–water partition coefficient (Wildman–Crippen LogP) is 3.42. The molecule has 0 amide bonds. The fourth-order valence-corrected chi connectivity index (χ4v) is 3.12. The number of aromatic nitrogens is 3. The maximum atomic E-state index is 6.06. The Morgan fingerprint density at radius 3 is 2.53 bits per heavy atom. The molecule has 2 aromatic heterocycles. The van der Waals surface area contributed by atoms with Crippen molar-refractivity contribution in [2.75, 3.05) is 0 Å². The molecular formula is C9H11Cl2N3Si. The second kappa shape index (κ2) is 3.47. The molecule has 6 heteroatoms. The highest BCUT2D eigenvalue weighted by Gasteiger charge is 2.21. The third-order valence-corrected chi connectivity index (χ3v) is 4.20. The third-order valence-electron chi connectivity index (χ3n) is 2.10. The molecule has 0 atom stereocenters. The lowest BCUT2D eigenvalue weighted by Gasteiger charge is -2.17. The van der Waals surface area contributed by atoms with Gasteiger partial charge in [0, 0.05) is 0 Å². The fraction of sp³-hybridized carbons (Fsp3) is 0.333. The molecule has 0 unspecified atom stereocenters. The van der Waals surface area contributed by atoms with E-state index in [-0.39, 0.29) is 0 Å². The van der Waals surface area contributed by atoms with E-state index in [1.807, 2.05) is 4.35 Å². The van der Waals surface area contributed by atoms with Gasteiger partial charge >= 0.3 is 0 Å². The molecule has 0 bridgehead atoms. The number of fused-ring (bicyclic) bond motifs is 1. The van der Waals surface area contributed by atoms with E-state index >= 15 is 0 Å². The van der Waals surface area contributed by atoms with Crippen LogP contribution >= 0.6 is 23.2 Å². The van der Waals surface area contributed by atoms with Crippen molar-refractivity contribution in [1.82, 2.24) is 14.4 Å². The maximum Gasteiger partial charge on any atom is 0.178 e. The van der Waals surface area contributed by atoms with Gasteiger partial charge in [0.25, 0.3) is 0 Å². The SMILES string of the molecule is C[Si](C)(C)n1ncc2c(Cl)cc(Cl)nc21. The number of pyridine rings is 1. The van der Waals surface area contributed by atoms with Crippen LogP contribution in [-0.4, -0.2) is 22.7 Å². The van der Waals surface area contributed by atoms with Crippen molar-refractivity contribution < 1.29 is 0 Å². The zero-order valence-electron chi connectivity index (χ0n) is 8.75. The Morgan fingerprint density at radius 2 is 1.93 bits per heavy atom. The average Bonchev–Trinajstić information content (AvgIpc) is 2.45. The van der Waals surface area contributed by atoms with Crippen LogP contribution in [0.25, 0.3) is 11.0 Å². The molecule has 80 valence electrons. The summed E-state index contributed by atoms with van der Waals surface area (Å²) >= 11 is 11.9. The average molecular weight is 260 g/mol. The van der Waals surface area contributed by atoms with E-state index in [1.165, 1.54) is 0 Å². The summed E-state index contributed by atoms with van der Waals surface area (Å²) in [6.45, 7) is 6.57. The minimum Gasteiger partial charge on any atom is -0.279 e. The highest BCUT2D eigenvalue weighted by Crippen LogP contribution is 2.26. The molecule has 3 nitrogen and oxygen atoms in total. The van der Waals surface area contributed by atoms with Crippen LogP contribution in [0.15, 0.2) is 12.3 Å². The van der Waals surface area contributed by atoms with E-state index < -0.39 is 8.24 Å². The van der Waals surface area contributed by atoms with Gasteiger partial charge in [-0.15, -0.1) is 0 Å². The molecule has 2 aromatic rings. The molecule has 0 radical (unpaired) electrons. The molecule has 2 rings (SSSR count). The molecule has 0 N–H and O–H groups in total. The van der Waals surface area contributed by atoms with Crippen LogP contribution in [0.3, 0.4) is 0 Å². The molecule has 0 aliphatic carbocycles. The van der Waals surface area contributed by atoms with Crippen LogP contribution in [-0.2, 0) is 0 Å². The summed E-state index contributed by atoms with van der Waals surface area (Å²) in [5.74, 6) is 0. The van der Waals surface area contributed by atoms with E-state index in [0.717, 1.165) is 11.0 Å². The fourth-order valence-electron chi connectivity index (χ4n) is 1.42. The first kappa shape index (κ1) is 10.9. The van der Waals surface area contributed by atoms with E-state index in [9.17, 15) is 0 Å². The summed E-state index contributed by atoms with van der Waals surface area (Å²) in [4.78, 5) is 4.28. The monoisotopic (exact) mass is 259 g/mol. The van der Waals surface area contributed by atoms with Crippen LogP contribution in [0.4, 0.5) is 0 Å². The number of nitrogens with zero attached hydrogens (tertiary/aromatic N) is 3. The minimum absolute atomic E-state index is 0.410. The number of hydrogen-bond donors (Lipinski definition) is 0. The van der Waals surface area contributed by atoms with E-state index in [2.05, 4.69) is 29.7 Å². The molecule has 0 fully saturated rings. The summed E-state index contributed by atoms with van der Waals surface area (Å²) in [5.41, 5.74) is 0.784. The molecule has 0 saturated carbocycles. The van der Waals surface area contributed by atoms with Gasteiger partial charge in [0.05, 0.1) is 16.6 Å². The lowest BCUT2D eigenvalue weighted by atomic mass is 10.4. The van der Waals surface area contributed by atoms with Crippen molar-refractivity contribution in [3.8, 4) is 0 Å². The van der Waals surface area contributed by atoms with E-state index in [1.54, 1.807) is 12.3 Å². The summed E-state index contributed by atoms with van der Waals surface area (Å²) in [6, 6.07) is 1.64. The smallest absolute Gasteiger partial charge is 0.178 e. The number of halogens is 2. The Labute approximate surface area is 99.1 Å². The second-order valence-electron chi connectivity index (χ2n) is 4.39. The van der Waals surface area contributed by atoms with Gasteiger partial charge in [-0.1, -0.05) is 23.2 Å². The van der Waals surface area contributed by atoms with Crippen LogP contribution in [0.1, 0.15) is 0 Å². The normalized spacial score (nSPS) is 12.3. The van der Waals surface area contributed by atoms with E-state index in [4.69, 9.17) is 23.2 Å². The van der Waals surface area contributed by atoms with Crippen molar-refractivity contribution in [1.29, 1.82) is 0 Å². The number of rotatable bonds is 1. The Hall–Kier alpha value is -0.583. The van der Waals surface area contributed by atoms with Gasteiger partial charge in [0.2, 0.25) is 0 Å². The molecule has 0 saturated heterocycles. The standard InChI is InChI=1S/C9H11Cl2N3Si/c1-15(2,3)14-9-6(5-12-14)7(10)4-8(11)13-9/h4-5H,1-3H3. The first-order valence-electron chi connectivity index (χ1n) is 4.60. The third kappa shape index (κ3) is 1.89. The van der Waals surface area contributed by atoms with Crippen LogP contribution in [0, 0.1) is 0 Å². The van der Waals surface area contributed by atoms with Crippen molar-refractivity contribution in [2.45, 2.75) is 19.6 Å². The van der Waals surface area contributed by atoms with Gasteiger partial charge < -0.3 is 0 Å². The molecule has 0 aromatic carbocycles. The highest BCUT2D eigenvalue weighted by atomic mass is 35.5. The van der Waals surface area contributed by atoms with Gasteiger partial charge in [-0.2, -0.15) is 5.10 Å². The summed E-state index contributed by atoms with van der Waals surface area (Å²) < 4.78 is 1.96. The molecular weight excluding hydrogens is 249 g/mol. The van der Waals surface area contributed by atoms with E-state index in [0.29, 0.717) is 10.2 Å². The Balaban J connectivity index is 2.80. The van der Waals surface area contributed by atoms with Crippen LogP contribution in [0.2, 0.25) is 29.8 Å². The quantitative estimate of drug-likeness (QED) is 0.581. The summed E-state index contributed by atoms with van der Waals surface area (Å²) in [6.07, 6.45) is 1.75. The summed E-state index contributed by atoms with van der Waals surface area (Å²) in [5, 5.41) is 6.22. The molecule has 0 aliphatic rings. The molecule has 0 aliphatic heterocycles. The maximum absolute atomic E-state index is 6.06.